The number of carboxylic acid groups (broad SMARTS) is 1. The molecular weight excluding hydrogens is 264 g/mol. The number of methoxy groups -OCH3 is 1. The highest BCUT2D eigenvalue weighted by molar-refractivity contribution is 5.97. The molecule has 0 spiro atoms. The number of carboxylic acids is 1. The molecule has 0 atom stereocenters. The van der Waals surface area contributed by atoms with Gasteiger partial charge >= 0.3 is 5.97 Å². The zero-order valence-electron chi connectivity index (χ0n) is 10.8. The SMILES string of the molecule is COc1cc(C=C(C#N)C(=O)O)cc(NC(C)=O)c1O. The largest absolute Gasteiger partial charge is 0.503 e. The van der Waals surface area contributed by atoms with Crippen molar-refractivity contribution in [1.82, 2.24) is 0 Å². The summed E-state index contributed by atoms with van der Waals surface area (Å²) in [6.07, 6.45) is 1.11. The Bertz CT molecular complexity index is 628. The van der Waals surface area contributed by atoms with Crippen molar-refractivity contribution in [3.8, 4) is 17.6 Å². The number of phenols is 1. The number of benzene rings is 1. The van der Waals surface area contributed by atoms with Crippen LogP contribution in [0.2, 0.25) is 0 Å². The number of phenolic OH excluding ortho intramolecular Hbond substituents is 1. The Labute approximate surface area is 114 Å². The lowest BCUT2D eigenvalue weighted by molar-refractivity contribution is -0.132. The normalized spacial score (nSPS) is 10.6. The molecule has 0 radical (unpaired) electrons. The summed E-state index contributed by atoms with van der Waals surface area (Å²) in [6.45, 7) is 1.26. The summed E-state index contributed by atoms with van der Waals surface area (Å²) in [6, 6.07) is 4.21. The van der Waals surface area contributed by atoms with Gasteiger partial charge in [-0.1, -0.05) is 0 Å². The molecule has 1 aromatic rings. The Morgan fingerprint density at radius 2 is 2.10 bits per heavy atom. The Kier molecular flexibility index (Phi) is 4.70. The molecule has 1 aromatic carbocycles. The first-order chi connectivity index (χ1) is 9.38. The first-order valence-corrected chi connectivity index (χ1v) is 5.42. The van der Waals surface area contributed by atoms with Crippen molar-refractivity contribution in [3.05, 3.63) is 23.3 Å². The third-order valence-electron chi connectivity index (χ3n) is 2.29. The van der Waals surface area contributed by atoms with E-state index in [9.17, 15) is 14.7 Å². The van der Waals surface area contributed by atoms with E-state index in [1.54, 1.807) is 0 Å². The van der Waals surface area contributed by atoms with E-state index in [4.69, 9.17) is 15.1 Å². The molecule has 7 heteroatoms. The number of anilines is 1. The number of carbonyl (C=O) groups excluding carboxylic acids is 1. The Hall–Kier alpha value is -3.01. The number of nitrogens with zero attached hydrogens (tertiary/aromatic N) is 1. The summed E-state index contributed by atoms with van der Waals surface area (Å²) in [5, 5.41) is 29.7. The van der Waals surface area contributed by atoms with Gasteiger partial charge in [0.2, 0.25) is 5.91 Å². The van der Waals surface area contributed by atoms with Crippen molar-refractivity contribution < 1.29 is 24.5 Å². The van der Waals surface area contributed by atoms with E-state index in [2.05, 4.69) is 5.32 Å². The third-order valence-corrected chi connectivity index (χ3v) is 2.29. The number of aliphatic carboxylic acids is 1. The quantitative estimate of drug-likeness (QED) is 0.434. The number of rotatable bonds is 4. The minimum Gasteiger partial charge on any atom is -0.503 e. The first kappa shape index (κ1) is 15.0. The Morgan fingerprint density at radius 1 is 1.45 bits per heavy atom. The number of carbonyl (C=O) groups is 2. The van der Waals surface area contributed by atoms with Gasteiger partial charge in [0.05, 0.1) is 12.8 Å². The van der Waals surface area contributed by atoms with Crippen LogP contribution < -0.4 is 10.1 Å². The maximum absolute atomic E-state index is 11.0. The summed E-state index contributed by atoms with van der Waals surface area (Å²) in [5.74, 6) is -2.03. The number of ether oxygens (including phenoxy) is 1. The fourth-order valence-electron chi connectivity index (χ4n) is 1.46. The molecule has 0 saturated carbocycles. The predicted octanol–water partition coefficient (Wildman–Crippen LogP) is 1.35. The van der Waals surface area contributed by atoms with Gasteiger partial charge in [-0.2, -0.15) is 5.26 Å². The van der Waals surface area contributed by atoms with Gasteiger partial charge in [0.15, 0.2) is 11.5 Å². The molecule has 0 aromatic heterocycles. The standard InChI is InChI=1S/C13H12N2O5/c1-7(16)15-10-4-8(3-9(6-14)13(18)19)5-11(20-2)12(10)17/h3-5,17H,1-2H3,(H,15,16)(H,18,19). The van der Waals surface area contributed by atoms with Crippen molar-refractivity contribution >= 4 is 23.6 Å². The van der Waals surface area contributed by atoms with E-state index >= 15 is 0 Å². The Balaban J connectivity index is 3.39. The lowest BCUT2D eigenvalue weighted by atomic mass is 10.1. The zero-order chi connectivity index (χ0) is 15.3. The molecule has 0 aliphatic carbocycles. The number of hydrogen-bond acceptors (Lipinski definition) is 5. The van der Waals surface area contributed by atoms with Gasteiger partial charge in [-0.05, 0) is 23.8 Å². The molecule has 0 aliphatic heterocycles. The Morgan fingerprint density at radius 3 is 2.55 bits per heavy atom. The van der Waals surface area contributed by atoms with Crippen LogP contribution in [0.3, 0.4) is 0 Å². The molecule has 0 heterocycles. The minimum atomic E-state index is -1.37. The maximum atomic E-state index is 11.0. The number of hydrogen-bond donors (Lipinski definition) is 3. The topological polar surface area (TPSA) is 120 Å². The summed E-state index contributed by atoms with van der Waals surface area (Å²) in [4.78, 5) is 21.8. The van der Waals surface area contributed by atoms with Crippen LogP contribution in [0.5, 0.6) is 11.5 Å². The number of aromatic hydroxyl groups is 1. The molecule has 20 heavy (non-hydrogen) atoms. The summed E-state index contributed by atoms with van der Waals surface area (Å²) < 4.78 is 4.92. The van der Waals surface area contributed by atoms with E-state index in [0.717, 1.165) is 6.08 Å². The molecule has 0 bridgehead atoms. The van der Waals surface area contributed by atoms with Crippen LogP contribution in [0.1, 0.15) is 12.5 Å². The van der Waals surface area contributed by atoms with Crippen molar-refractivity contribution in [2.45, 2.75) is 6.92 Å². The lowest BCUT2D eigenvalue weighted by Crippen LogP contribution is -2.06. The monoisotopic (exact) mass is 276 g/mol. The van der Waals surface area contributed by atoms with Gasteiger partial charge in [0.25, 0.3) is 0 Å². The van der Waals surface area contributed by atoms with Crippen LogP contribution in [0.4, 0.5) is 5.69 Å². The number of nitriles is 1. The maximum Gasteiger partial charge on any atom is 0.346 e. The van der Waals surface area contributed by atoms with Crippen LogP contribution in [0.25, 0.3) is 6.08 Å². The van der Waals surface area contributed by atoms with E-state index in [-0.39, 0.29) is 17.2 Å². The lowest BCUT2D eigenvalue weighted by Gasteiger charge is -2.11. The fraction of sp³-hybridized carbons (Fsp3) is 0.154. The van der Waals surface area contributed by atoms with Crippen molar-refractivity contribution in [2.75, 3.05) is 12.4 Å². The average Bonchev–Trinajstić information content (AvgIpc) is 2.38. The van der Waals surface area contributed by atoms with Gasteiger partial charge in [0, 0.05) is 6.92 Å². The van der Waals surface area contributed by atoms with Crippen LogP contribution in [0, 0.1) is 11.3 Å². The predicted molar refractivity (Wildman–Crippen MR) is 70.2 cm³/mol. The molecule has 1 amide bonds. The molecule has 0 fully saturated rings. The van der Waals surface area contributed by atoms with Crippen molar-refractivity contribution in [1.29, 1.82) is 5.26 Å². The molecule has 7 nitrogen and oxygen atoms in total. The molecule has 1 rings (SSSR count). The highest BCUT2D eigenvalue weighted by Gasteiger charge is 2.13. The van der Waals surface area contributed by atoms with E-state index in [1.165, 1.54) is 32.2 Å². The van der Waals surface area contributed by atoms with Crippen LogP contribution in [-0.2, 0) is 9.59 Å². The van der Waals surface area contributed by atoms with Gasteiger partial charge in [-0.25, -0.2) is 4.79 Å². The second-order valence-electron chi connectivity index (χ2n) is 3.78. The summed E-state index contributed by atoms with van der Waals surface area (Å²) in [7, 11) is 1.31. The van der Waals surface area contributed by atoms with Gasteiger partial charge in [-0.3, -0.25) is 4.79 Å². The van der Waals surface area contributed by atoms with Crippen LogP contribution in [0.15, 0.2) is 17.7 Å². The smallest absolute Gasteiger partial charge is 0.346 e. The highest BCUT2D eigenvalue weighted by Crippen LogP contribution is 2.36. The van der Waals surface area contributed by atoms with Crippen molar-refractivity contribution in [2.24, 2.45) is 0 Å². The summed E-state index contributed by atoms with van der Waals surface area (Å²) in [5.41, 5.74) is -0.125. The summed E-state index contributed by atoms with van der Waals surface area (Å²) >= 11 is 0. The van der Waals surface area contributed by atoms with Crippen molar-refractivity contribution in [3.63, 3.8) is 0 Å². The molecule has 104 valence electrons. The van der Waals surface area contributed by atoms with Gasteiger partial charge < -0.3 is 20.3 Å². The third kappa shape index (κ3) is 3.49. The highest BCUT2D eigenvalue weighted by atomic mass is 16.5. The van der Waals surface area contributed by atoms with E-state index in [1.807, 2.05) is 0 Å². The van der Waals surface area contributed by atoms with E-state index < -0.39 is 17.4 Å². The van der Waals surface area contributed by atoms with Crippen LogP contribution in [-0.4, -0.2) is 29.2 Å². The second-order valence-corrected chi connectivity index (χ2v) is 3.78. The fourth-order valence-corrected chi connectivity index (χ4v) is 1.46. The van der Waals surface area contributed by atoms with Gasteiger partial charge in [-0.15, -0.1) is 0 Å². The molecule has 0 unspecified atom stereocenters. The van der Waals surface area contributed by atoms with Crippen LogP contribution >= 0.6 is 0 Å². The molecule has 3 N–H and O–H groups in total. The zero-order valence-corrected chi connectivity index (χ0v) is 10.8. The molecular formula is C13H12N2O5. The average molecular weight is 276 g/mol. The van der Waals surface area contributed by atoms with E-state index in [0.29, 0.717) is 5.56 Å². The molecule has 0 saturated heterocycles. The second kappa shape index (κ2) is 6.24. The van der Waals surface area contributed by atoms with Gasteiger partial charge in [0.1, 0.15) is 11.6 Å². The molecule has 0 aliphatic rings. The number of nitrogens with one attached hydrogen (secondary N) is 1. The minimum absolute atomic E-state index is 0.0465. The number of amides is 1. The first-order valence-electron chi connectivity index (χ1n) is 5.42.